The van der Waals surface area contributed by atoms with Gasteiger partial charge in [0.05, 0.1) is 18.3 Å². The number of amides is 1. The number of rotatable bonds is 7. The number of piperazine rings is 1. The Balaban J connectivity index is 1.30. The molecule has 0 radical (unpaired) electrons. The molecule has 9 heteroatoms. The van der Waals surface area contributed by atoms with Crippen LogP contribution in [-0.4, -0.2) is 62.4 Å². The summed E-state index contributed by atoms with van der Waals surface area (Å²) >= 11 is 0. The van der Waals surface area contributed by atoms with Crippen molar-refractivity contribution in [2.75, 3.05) is 38.0 Å². The molecule has 2 heterocycles. The number of hydrogen-bond donors (Lipinski definition) is 1. The number of anilines is 1. The summed E-state index contributed by atoms with van der Waals surface area (Å²) in [6.45, 7) is 4.96. The Hall–Kier alpha value is -3.95. The normalized spacial score (nSPS) is 15.3. The molecule has 0 aliphatic carbocycles. The van der Waals surface area contributed by atoms with Gasteiger partial charge in [-0.3, -0.25) is 19.4 Å². The summed E-state index contributed by atoms with van der Waals surface area (Å²) < 4.78 is 34.6. The number of carbonyl (C=O) groups excluding carboxylic acids is 1. The highest BCUT2D eigenvalue weighted by atomic mass is 32.2. The van der Waals surface area contributed by atoms with Crippen molar-refractivity contribution in [2.24, 2.45) is 0 Å². The highest BCUT2D eigenvalue weighted by Gasteiger charge is 2.26. The van der Waals surface area contributed by atoms with E-state index in [1.165, 1.54) is 18.7 Å². The number of carbonyl (C=O) groups is 1. The number of ether oxygens (including phenoxy) is 1. The molecule has 1 amide bonds. The van der Waals surface area contributed by atoms with E-state index in [1.54, 1.807) is 36.5 Å². The van der Waals surface area contributed by atoms with E-state index in [0.717, 1.165) is 18.5 Å². The largest absolute Gasteiger partial charge is 0.495 e. The number of aromatic nitrogens is 1. The molecule has 1 saturated heterocycles. The van der Waals surface area contributed by atoms with E-state index in [4.69, 9.17) is 4.74 Å². The molecule has 3 aromatic carbocycles. The predicted molar refractivity (Wildman–Crippen MR) is 148 cm³/mol. The molecular formula is C29H30N4O4S. The van der Waals surface area contributed by atoms with E-state index in [1.807, 2.05) is 35.2 Å². The molecule has 1 aliphatic heterocycles. The highest BCUT2D eigenvalue weighted by molar-refractivity contribution is 7.93. The summed E-state index contributed by atoms with van der Waals surface area (Å²) in [5.74, 6) is 0.159. The maximum atomic E-state index is 13.3. The second kappa shape index (κ2) is 10.8. The van der Waals surface area contributed by atoms with Crippen molar-refractivity contribution in [2.45, 2.75) is 17.9 Å². The molecule has 5 rings (SSSR count). The minimum absolute atomic E-state index is 0.0698. The fourth-order valence-corrected chi connectivity index (χ4v) is 6.09. The van der Waals surface area contributed by atoms with Crippen LogP contribution in [-0.2, 0) is 10.0 Å². The number of para-hydroxylation sites is 1. The minimum Gasteiger partial charge on any atom is -0.495 e. The monoisotopic (exact) mass is 530 g/mol. The number of hydrogen-bond acceptors (Lipinski definition) is 6. The Kier molecular flexibility index (Phi) is 7.31. The third kappa shape index (κ3) is 5.20. The van der Waals surface area contributed by atoms with Gasteiger partial charge in [0.25, 0.3) is 15.9 Å². The van der Waals surface area contributed by atoms with Gasteiger partial charge in [0, 0.05) is 49.4 Å². The number of fused-ring (bicyclic) bond motifs is 1. The summed E-state index contributed by atoms with van der Waals surface area (Å²) in [4.78, 5) is 21.8. The minimum atomic E-state index is -3.96. The number of pyridine rings is 1. The van der Waals surface area contributed by atoms with Crippen LogP contribution in [0.1, 0.15) is 28.9 Å². The van der Waals surface area contributed by atoms with Gasteiger partial charge < -0.3 is 9.64 Å². The zero-order valence-corrected chi connectivity index (χ0v) is 22.2. The topological polar surface area (TPSA) is 91.8 Å². The molecule has 0 spiro atoms. The van der Waals surface area contributed by atoms with Crippen molar-refractivity contribution in [3.63, 3.8) is 0 Å². The fourth-order valence-electron chi connectivity index (χ4n) is 4.84. The molecule has 1 fully saturated rings. The Morgan fingerprint density at radius 3 is 2.42 bits per heavy atom. The first-order chi connectivity index (χ1) is 18.4. The van der Waals surface area contributed by atoms with Crippen LogP contribution in [0.25, 0.3) is 10.9 Å². The van der Waals surface area contributed by atoms with Gasteiger partial charge in [0.2, 0.25) is 0 Å². The van der Waals surface area contributed by atoms with Gasteiger partial charge >= 0.3 is 0 Å². The molecule has 1 aromatic heterocycles. The summed E-state index contributed by atoms with van der Waals surface area (Å²) in [5.41, 5.74) is 2.34. The van der Waals surface area contributed by atoms with Crippen LogP contribution in [0.4, 0.5) is 5.69 Å². The number of benzene rings is 3. The summed E-state index contributed by atoms with van der Waals surface area (Å²) in [7, 11) is -2.51. The molecule has 0 saturated carbocycles. The van der Waals surface area contributed by atoms with E-state index < -0.39 is 10.0 Å². The zero-order chi connectivity index (χ0) is 26.7. The van der Waals surface area contributed by atoms with Crippen molar-refractivity contribution in [3.8, 4) is 5.75 Å². The van der Waals surface area contributed by atoms with Gasteiger partial charge in [-0.2, -0.15) is 0 Å². The molecular weight excluding hydrogens is 500 g/mol. The standard InChI is InChI=1S/C29H30N4O4S/c1-21(22-8-4-3-5-9-22)32-16-18-33(19-17-32)29(34)24-13-14-25(26(20-24)37-2)31-38(35,36)27-12-6-10-23-11-7-15-30-28(23)27/h3-15,20-21,31H,16-19H2,1-2H3/t21-/m0/s1. The van der Waals surface area contributed by atoms with Gasteiger partial charge in [-0.15, -0.1) is 0 Å². The zero-order valence-electron chi connectivity index (χ0n) is 21.4. The van der Waals surface area contributed by atoms with Crippen LogP contribution in [0.2, 0.25) is 0 Å². The van der Waals surface area contributed by atoms with Gasteiger partial charge in [0.15, 0.2) is 0 Å². The van der Waals surface area contributed by atoms with Crippen LogP contribution in [0, 0.1) is 0 Å². The lowest BCUT2D eigenvalue weighted by atomic mass is 10.1. The van der Waals surface area contributed by atoms with E-state index in [2.05, 4.69) is 33.7 Å². The quantitative estimate of drug-likeness (QED) is 0.377. The lowest BCUT2D eigenvalue weighted by molar-refractivity contribution is 0.0582. The van der Waals surface area contributed by atoms with Crippen molar-refractivity contribution in [1.82, 2.24) is 14.8 Å². The number of sulfonamides is 1. The smallest absolute Gasteiger partial charge is 0.264 e. The third-order valence-corrected chi connectivity index (χ3v) is 8.41. The van der Waals surface area contributed by atoms with Crippen molar-refractivity contribution >= 4 is 32.5 Å². The average Bonchev–Trinajstić information content (AvgIpc) is 2.96. The maximum absolute atomic E-state index is 13.3. The Labute approximate surface area is 222 Å². The van der Waals surface area contributed by atoms with Crippen LogP contribution >= 0.6 is 0 Å². The third-order valence-electron chi connectivity index (χ3n) is 7.01. The molecule has 0 unspecified atom stereocenters. The second-order valence-corrected chi connectivity index (χ2v) is 10.9. The van der Waals surface area contributed by atoms with Crippen LogP contribution < -0.4 is 9.46 Å². The van der Waals surface area contributed by atoms with Crippen molar-refractivity contribution in [3.05, 3.63) is 96.2 Å². The average molecular weight is 531 g/mol. The van der Waals surface area contributed by atoms with Crippen LogP contribution in [0.5, 0.6) is 5.75 Å². The number of nitrogens with one attached hydrogen (secondary N) is 1. The van der Waals surface area contributed by atoms with E-state index in [-0.39, 0.29) is 28.3 Å². The summed E-state index contributed by atoms with van der Waals surface area (Å²) in [6.07, 6.45) is 1.56. The summed E-state index contributed by atoms with van der Waals surface area (Å²) in [6, 6.07) is 24.0. The van der Waals surface area contributed by atoms with Crippen molar-refractivity contribution < 1.29 is 17.9 Å². The molecule has 1 atom stereocenters. The number of methoxy groups -OCH3 is 1. The van der Waals surface area contributed by atoms with Gasteiger partial charge in [-0.05, 0) is 42.8 Å². The number of nitrogens with zero attached hydrogens (tertiary/aromatic N) is 3. The van der Waals surface area contributed by atoms with E-state index >= 15 is 0 Å². The van der Waals surface area contributed by atoms with Crippen LogP contribution in [0.3, 0.4) is 0 Å². The summed E-state index contributed by atoms with van der Waals surface area (Å²) in [5, 5.41) is 0.724. The lowest BCUT2D eigenvalue weighted by Gasteiger charge is -2.38. The highest BCUT2D eigenvalue weighted by Crippen LogP contribution is 2.30. The first kappa shape index (κ1) is 25.7. The Bertz CT molecular complexity index is 1550. The predicted octanol–water partition coefficient (Wildman–Crippen LogP) is 4.56. The van der Waals surface area contributed by atoms with E-state index in [9.17, 15) is 13.2 Å². The first-order valence-corrected chi connectivity index (χ1v) is 14.0. The molecule has 8 nitrogen and oxygen atoms in total. The fraction of sp³-hybridized carbons (Fsp3) is 0.241. The maximum Gasteiger partial charge on any atom is 0.264 e. The SMILES string of the molecule is COc1cc(C(=O)N2CCN([C@@H](C)c3ccccc3)CC2)ccc1NS(=O)(=O)c1cccc2cccnc12. The Morgan fingerprint density at radius 2 is 1.68 bits per heavy atom. The lowest BCUT2D eigenvalue weighted by Crippen LogP contribution is -2.49. The molecule has 4 aromatic rings. The molecule has 0 bridgehead atoms. The van der Waals surface area contributed by atoms with Crippen molar-refractivity contribution in [1.29, 1.82) is 0 Å². The molecule has 1 N–H and O–H groups in total. The van der Waals surface area contributed by atoms with Gasteiger partial charge in [-0.25, -0.2) is 8.42 Å². The molecule has 196 valence electrons. The van der Waals surface area contributed by atoms with Crippen LogP contribution in [0.15, 0.2) is 90.0 Å². The molecule has 1 aliphatic rings. The van der Waals surface area contributed by atoms with E-state index in [0.29, 0.717) is 24.2 Å². The first-order valence-electron chi connectivity index (χ1n) is 12.5. The Morgan fingerprint density at radius 1 is 0.947 bits per heavy atom. The molecule has 38 heavy (non-hydrogen) atoms. The van der Waals surface area contributed by atoms with Gasteiger partial charge in [0.1, 0.15) is 10.6 Å². The van der Waals surface area contributed by atoms with Gasteiger partial charge in [-0.1, -0.05) is 48.5 Å². The second-order valence-electron chi connectivity index (χ2n) is 9.27.